The highest BCUT2D eigenvalue weighted by Crippen LogP contribution is 2.32. The van der Waals surface area contributed by atoms with E-state index in [-0.39, 0.29) is 17.9 Å². The lowest BCUT2D eigenvalue weighted by Gasteiger charge is -2.41. The van der Waals surface area contributed by atoms with Gasteiger partial charge in [-0.05, 0) is 39.0 Å². The van der Waals surface area contributed by atoms with Crippen molar-refractivity contribution in [3.05, 3.63) is 17.5 Å². The molecule has 0 radical (unpaired) electrons. The first-order chi connectivity index (χ1) is 10.2. The summed E-state index contributed by atoms with van der Waals surface area (Å²) in [5.41, 5.74) is 1.45. The fourth-order valence-corrected chi connectivity index (χ4v) is 3.77. The lowest BCUT2D eigenvalue weighted by molar-refractivity contribution is -0.127. The number of amides is 1. The number of H-pyrrole nitrogens is 1. The van der Waals surface area contributed by atoms with Crippen LogP contribution in [0.25, 0.3) is 0 Å². The molecule has 1 N–H and O–H groups in total. The summed E-state index contributed by atoms with van der Waals surface area (Å²) in [5.74, 6) is 0.439. The number of hydrogen-bond acceptors (Lipinski definition) is 3. The largest absolute Gasteiger partial charge is 0.335 e. The van der Waals surface area contributed by atoms with Gasteiger partial charge >= 0.3 is 0 Å². The zero-order valence-corrected chi connectivity index (χ0v) is 12.6. The van der Waals surface area contributed by atoms with Gasteiger partial charge in [0.2, 0.25) is 0 Å². The van der Waals surface area contributed by atoms with E-state index in [1.165, 1.54) is 0 Å². The molecule has 1 saturated heterocycles. The van der Waals surface area contributed by atoms with E-state index < -0.39 is 0 Å². The van der Waals surface area contributed by atoms with Gasteiger partial charge in [-0.15, -0.1) is 0 Å². The number of aryl methyl sites for hydroxylation is 1. The molecule has 2 heterocycles. The van der Waals surface area contributed by atoms with Crippen molar-refractivity contribution in [2.24, 2.45) is 5.92 Å². The first-order valence-electron chi connectivity index (χ1n) is 8.02. The molecule has 1 aliphatic heterocycles. The SMILES string of the molecule is Cc1[nH]ncc1C(=O)N1CCCCC1C1CCCCC1=O. The number of hydrogen-bond donors (Lipinski definition) is 1. The predicted octanol–water partition coefficient (Wildman–Crippen LogP) is 2.47. The Balaban J connectivity index is 1.82. The summed E-state index contributed by atoms with van der Waals surface area (Å²) in [5, 5.41) is 6.78. The molecule has 0 spiro atoms. The molecule has 21 heavy (non-hydrogen) atoms. The molecule has 1 aromatic heterocycles. The third kappa shape index (κ3) is 2.74. The van der Waals surface area contributed by atoms with E-state index in [2.05, 4.69) is 10.2 Å². The van der Waals surface area contributed by atoms with Gasteiger partial charge in [0.1, 0.15) is 5.78 Å². The minimum atomic E-state index is 0.0318. The van der Waals surface area contributed by atoms with Crippen LogP contribution in [0.2, 0.25) is 0 Å². The number of nitrogens with zero attached hydrogens (tertiary/aromatic N) is 2. The van der Waals surface area contributed by atoms with Crippen molar-refractivity contribution in [1.82, 2.24) is 15.1 Å². The van der Waals surface area contributed by atoms with E-state index >= 15 is 0 Å². The Hall–Kier alpha value is -1.65. The van der Waals surface area contributed by atoms with E-state index in [1.807, 2.05) is 11.8 Å². The van der Waals surface area contributed by atoms with Gasteiger partial charge in [0, 0.05) is 30.6 Å². The first kappa shape index (κ1) is 14.3. The van der Waals surface area contributed by atoms with Crippen molar-refractivity contribution in [3.8, 4) is 0 Å². The van der Waals surface area contributed by atoms with Gasteiger partial charge in [-0.3, -0.25) is 14.7 Å². The summed E-state index contributed by atoms with van der Waals surface area (Å²) in [6.07, 6.45) is 8.45. The van der Waals surface area contributed by atoms with Crippen molar-refractivity contribution in [2.45, 2.75) is 57.9 Å². The van der Waals surface area contributed by atoms with E-state index in [0.29, 0.717) is 17.8 Å². The third-order valence-electron chi connectivity index (χ3n) is 4.94. The van der Waals surface area contributed by atoms with Gasteiger partial charge < -0.3 is 4.90 Å². The summed E-state index contributed by atoms with van der Waals surface area (Å²) in [6, 6.07) is 0.0911. The molecule has 1 aromatic rings. The first-order valence-corrected chi connectivity index (χ1v) is 8.02. The van der Waals surface area contributed by atoms with E-state index in [0.717, 1.165) is 50.8 Å². The standard InChI is InChI=1S/C16H23N3O2/c1-11-13(10-17-18-11)16(21)19-9-5-4-7-14(19)12-6-2-3-8-15(12)20/h10,12,14H,2-9H2,1H3,(H,17,18). The molecule has 0 aromatic carbocycles. The molecule has 114 valence electrons. The molecule has 2 fully saturated rings. The average molecular weight is 289 g/mol. The van der Waals surface area contributed by atoms with Crippen LogP contribution in [-0.2, 0) is 4.79 Å². The van der Waals surface area contributed by atoms with Crippen molar-refractivity contribution in [3.63, 3.8) is 0 Å². The number of ketones is 1. The Bertz CT molecular complexity index is 537. The van der Waals surface area contributed by atoms with Crippen LogP contribution in [0.3, 0.4) is 0 Å². The maximum atomic E-state index is 12.8. The molecular weight excluding hydrogens is 266 g/mol. The second-order valence-corrected chi connectivity index (χ2v) is 6.29. The summed E-state index contributed by atoms with van der Waals surface area (Å²) >= 11 is 0. The van der Waals surface area contributed by atoms with Crippen LogP contribution < -0.4 is 0 Å². The summed E-state index contributed by atoms with van der Waals surface area (Å²) in [7, 11) is 0. The lowest BCUT2D eigenvalue weighted by atomic mass is 9.79. The number of Topliss-reactive ketones (excluding diaryl/α,β-unsaturated/α-hetero) is 1. The zero-order chi connectivity index (χ0) is 14.8. The summed E-state index contributed by atoms with van der Waals surface area (Å²) in [6.45, 7) is 2.63. The Morgan fingerprint density at radius 2 is 2.10 bits per heavy atom. The van der Waals surface area contributed by atoms with E-state index in [4.69, 9.17) is 0 Å². The average Bonchev–Trinajstić information content (AvgIpc) is 2.93. The molecule has 3 rings (SSSR count). The normalized spacial score (nSPS) is 26.9. The molecule has 2 aliphatic rings. The van der Waals surface area contributed by atoms with Gasteiger partial charge in [-0.2, -0.15) is 5.10 Å². The van der Waals surface area contributed by atoms with Gasteiger partial charge in [0.15, 0.2) is 0 Å². The van der Waals surface area contributed by atoms with Crippen molar-refractivity contribution < 1.29 is 9.59 Å². The number of likely N-dealkylation sites (tertiary alicyclic amines) is 1. The number of nitrogens with one attached hydrogen (secondary N) is 1. The summed E-state index contributed by atoms with van der Waals surface area (Å²) < 4.78 is 0. The van der Waals surface area contributed by atoms with Crippen LogP contribution in [0.4, 0.5) is 0 Å². The Labute approximate surface area is 125 Å². The molecule has 1 amide bonds. The lowest BCUT2D eigenvalue weighted by Crippen LogP contribution is -2.50. The number of aromatic amines is 1. The van der Waals surface area contributed by atoms with Gasteiger partial charge in [0.05, 0.1) is 11.8 Å². The van der Waals surface area contributed by atoms with E-state index in [9.17, 15) is 9.59 Å². The number of piperidine rings is 1. The van der Waals surface area contributed by atoms with Gasteiger partial charge in [-0.1, -0.05) is 6.42 Å². The van der Waals surface area contributed by atoms with Crippen LogP contribution in [-0.4, -0.2) is 39.4 Å². The van der Waals surface area contributed by atoms with Crippen LogP contribution >= 0.6 is 0 Å². The minimum absolute atomic E-state index is 0.0318. The number of aromatic nitrogens is 2. The Morgan fingerprint density at radius 1 is 1.29 bits per heavy atom. The molecule has 5 heteroatoms. The van der Waals surface area contributed by atoms with Gasteiger partial charge in [-0.25, -0.2) is 0 Å². The predicted molar refractivity (Wildman–Crippen MR) is 79.0 cm³/mol. The Morgan fingerprint density at radius 3 is 2.81 bits per heavy atom. The highest BCUT2D eigenvalue weighted by Gasteiger charge is 2.38. The molecule has 1 aliphatic carbocycles. The van der Waals surface area contributed by atoms with Crippen LogP contribution in [0, 0.1) is 12.8 Å². The smallest absolute Gasteiger partial charge is 0.257 e. The second kappa shape index (κ2) is 6.00. The second-order valence-electron chi connectivity index (χ2n) is 6.29. The zero-order valence-electron chi connectivity index (χ0n) is 12.6. The number of carbonyl (C=O) groups excluding carboxylic acids is 2. The molecule has 5 nitrogen and oxygen atoms in total. The number of rotatable bonds is 2. The molecular formula is C16H23N3O2. The van der Waals surface area contributed by atoms with Crippen LogP contribution in [0.5, 0.6) is 0 Å². The van der Waals surface area contributed by atoms with Crippen molar-refractivity contribution >= 4 is 11.7 Å². The highest BCUT2D eigenvalue weighted by molar-refractivity contribution is 5.95. The minimum Gasteiger partial charge on any atom is -0.335 e. The van der Waals surface area contributed by atoms with E-state index in [1.54, 1.807) is 6.20 Å². The molecule has 1 saturated carbocycles. The van der Waals surface area contributed by atoms with Crippen LogP contribution in [0.1, 0.15) is 61.0 Å². The maximum Gasteiger partial charge on any atom is 0.257 e. The maximum absolute atomic E-state index is 12.8. The van der Waals surface area contributed by atoms with Crippen molar-refractivity contribution in [1.29, 1.82) is 0 Å². The number of carbonyl (C=O) groups is 2. The van der Waals surface area contributed by atoms with Gasteiger partial charge in [0.25, 0.3) is 5.91 Å². The van der Waals surface area contributed by atoms with Crippen LogP contribution in [0.15, 0.2) is 6.20 Å². The van der Waals surface area contributed by atoms with Crippen molar-refractivity contribution in [2.75, 3.05) is 6.54 Å². The molecule has 2 atom stereocenters. The fourth-order valence-electron chi connectivity index (χ4n) is 3.77. The topological polar surface area (TPSA) is 66.1 Å². The molecule has 2 unspecified atom stereocenters. The summed E-state index contributed by atoms with van der Waals surface area (Å²) in [4.78, 5) is 27.0. The quantitative estimate of drug-likeness (QED) is 0.909. The Kier molecular flexibility index (Phi) is 4.08. The highest BCUT2D eigenvalue weighted by atomic mass is 16.2. The third-order valence-corrected chi connectivity index (χ3v) is 4.94. The molecule has 0 bridgehead atoms. The fraction of sp³-hybridized carbons (Fsp3) is 0.688. The monoisotopic (exact) mass is 289 g/mol.